The fourth-order valence-electron chi connectivity index (χ4n) is 2.59. The smallest absolute Gasteiger partial charge is 0.123 e. The molecule has 1 saturated carbocycles. The van der Waals surface area contributed by atoms with Crippen molar-refractivity contribution < 1.29 is 4.79 Å². The molecule has 86 valence electrons. The summed E-state index contributed by atoms with van der Waals surface area (Å²) in [4.78, 5) is 11.1. The zero-order valence-electron chi connectivity index (χ0n) is 9.36. The van der Waals surface area contributed by atoms with E-state index in [0.717, 1.165) is 24.5 Å². The van der Waals surface area contributed by atoms with Crippen molar-refractivity contribution in [3.63, 3.8) is 0 Å². The first-order chi connectivity index (χ1) is 7.85. The number of benzene rings is 1. The maximum absolute atomic E-state index is 11.1. The van der Waals surface area contributed by atoms with Crippen LogP contribution >= 0.6 is 15.9 Å². The van der Waals surface area contributed by atoms with Crippen LogP contribution in [0.5, 0.6) is 0 Å². The van der Waals surface area contributed by atoms with Gasteiger partial charge in [-0.15, -0.1) is 0 Å². The highest BCUT2D eigenvalue weighted by Crippen LogP contribution is 2.36. The van der Waals surface area contributed by atoms with Crippen LogP contribution in [0.25, 0.3) is 0 Å². The molecule has 0 N–H and O–H groups in total. The molecule has 0 saturated heterocycles. The van der Waals surface area contributed by atoms with Crippen molar-refractivity contribution in [3.05, 3.63) is 35.4 Å². The molecule has 0 aromatic heterocycles. The van der Waals surface area contributed by atoms with Crippen molar-refractivity contribution >= 4 is 22.2 Å². The molecule has 1 aliphatic carbocycles. The van der Waals surface area contributed by atoms with Gasteiger partial charge in [0.2, 0.25) is 0 Å². The van der Waals surface area contributed by atoms with Crippen LogP contribution in [0.1, 0.15) is 42.7 Å². The predicted molar refractivity (Wildman–Crippen MR) is 69.8 cm³/mol. The highest BCUT2D eigenvalue weighted by atomic mass is 79.9. The summed E-state index contributed by atoms with van der Waals surface area (Å²) in [6, 6.07) is 8.67. The highest BCUT2D eigenvalue weighted by Gasteiger charge is 2.25. The van der Waals surface area contributed by atoms with Crippen LogP contribution in [0.3, 0.4) is 0 Å². The highest BCUT2D eigenvalue weighted by molar-refractivity contribution is 9.08. The molecule has 1 aromatic carbocycles. The summed E-state index contributed by atoms with van der Waals surface area (Å²) in [6.45, 7) is 0. The van der Waals surface area contributed by atoms with Crippen LogP contribution < -0.4 is 0 Å². The van der Waals surface area contributed by atoms with E-state index in [1.54, 1.807) is 0 Å². The van der Waals surface area contributed by atoms with Gasteiger partial charge in [0.25, 0.3) is 0 Å². The lowest BCUT2D eigenvalue weighted by atomic mass is 9.76. The van der Waals surface area contributed by atoms with Crippen molar-refractivity contribution in [2.45, 2.75) is 36.9 Å². The number of carbonyl (C=O) groups excluding carboxylic acids is 1. The van der Waals surface area contributed by atoms with E-state index in [1.165, 1.54) is 24.0 Å². The van der Waals surface area contributed by atoms with Crippen LogP contribution in [0.15, 0.2) is 24.3 Å². The van der Waals surface area contributed by atoms with Gasteiger partial charge >= 0.3 is 0 Å². The van der Waals surface area contributed by atoms with Gasteiger partial charge in [0.05, 0.1) is 0 Å². The van der Waals surface area contributed by atoms with Crippen LogP contribution in [0.4, 0.5) is 0 Å². The molecule has 2 atom stereocenters. The Hall–Kier alpha value is -0.630. The molecule has 1 nitrogen and oxygen atoms in total. The topological polar surface area (TPSA) is 17.1 Å². The van der Waals surface area contributed by atoms with E-state index in [-0.39, 0.29) is 5.92 Å². The van der Waals surface area contributed by atoms with E-state index in [2.05, 4.69) is 40.2 Å². The van der Waals surface area contributed by atoms with Crippen LogP contribution in [-0.2, 0) is 10.1 Å². The van der Waals surface area contributed by atoms with Crippen molar-refractivity contribution in [1.82, 2.24) is 0 Å². The molecule has 0 spiro atoms. The summed E-state index contributed by atoms with van der Waals surface area (Å²) in [5, 5.41) is 0.898. The lowest BCUT2D eigenvalue weighted by molar-refractivity contribution is -0.112. The molecule has 0 heterocycles. The summed E-state index contributed by atoms with van der Waals surface area (Å²) in [5.74, 6) is 0.694. The van der Waals surface area contributed by atoms with Gasteiger partial charge < -0.3 is 4.79 Å². The van der Waals surface area contributed by atoms with E-state index in [1.807, 2.05) is 0 Å². The standard InChI is InChI=1S/C14H17BrO/c15-9-11-5-7-12(8-6-11)14-4-2-1-3-13(14)10-16/h5-8,10,13-14H,1-4,9H2/t13-,14-/m0/s1. The first-order valence-electron chi connectivity index (χ1n) is 5.95. The average Bonchev–Trinajstić information content (AvgIpc) is 2.39. The molecule has 1 aromatic rings. The van der Waals surface area contributed by atoms with E-state index in [9.17, 15) is 4.79 Å². The summed E-state index contributed by atoms with van der Waals surface area (Å²) in [7, 11) is 0. The molecular formula is C14H17BrO. The Labute approximate surface area is 105 Å². The number of hydrogen-bond acceptors (Lipinski definition) is 1. The fourth-order valence-corrected chi connectivity index (χ4v) is 2.96. The third kappa shape index (κ3) is 2.54. The van der Waals surface area contributed by atoms with Crippen molar-refractivity contribution in [2.24, 2.45) is 5.92 Å². The minimum atomic E-state index is 0.239. The second kappa shape index (κ2) is 5.62. The minimum Gasteiger partial charge on any atom is -0.303 e. The molecule has 0 radical (unpaired) electrons. The molecule has 16 heavy (non-hydrogen) atoms. The Bertz CT molecular complexity index is 344. The molecule has 2 heteroatoms. The SMILES string of the molecule is O=C[C@@H]1CCCC[C@H]1c1ccc(CBr)cc1. The first kappa shape index (κ1) is 11.8. The molecule has 0 amide bonds. The van der Waals surface area contributed by atoms with Crippen LogP contribution in [0.2, 0.25) is 0 Å². The maximum atomic E-state index is 11.1. The van der Waals surface area contributed by atoms with Gasteiger partial charge in [0.15, 0.2) is 0 Å². The zero-order chi connectivity index (χ0) is 11.4. The van der Waals surface area contributed by atoms with Gasteiger partial charge in [-0.1, -0.05) is 53.0 Å². The third-order valence-corrected chi connectivity index (χ3v) is 4.20. The maximum Gasteiger partial charge on any atom is 0.123 e. The number of hydrogen-bond donors (Lipinski definition) is 0. The van der Waals surface area contributed by atoms with Crippen LogP contribution in [0, 0.1) is 5.92 Å². The van der Waals surface area contributed by atoms with E-state index in [0.29, 0.717) is 5.92 Å². The Kier molecular flexibility index (Phi) is 4.16. The van der Waals surface area contributed by atoms with Gasteiger partial charge in [0.1, 0.15) is 6.29 Å². The van der Waals surface area contributed by atoms with Gasteiger partial charge in [-0.3, -0.25) is 0 Å². The second-order valence-electron chi connectivity index (χ2n) is 4.57. The average molecular weight is 281 g/mol. The van der Waals surface area contributed by atoms with E-state index >= 15 is 0 Å². The van der Waals surface area contributed by atoms with Gasteiger partial charge in [-0.2, -0.15) is 0 Å². The quantitative estimate of drug-likeness (QED) is 0.603. The molecule has 0 unspecified atom stereocenters. The Balaban J connectivity index is 2.17. The van der Waals surface area contributed by atoms with Crippen molar-refractivity contribution in [2.75, 3.05) is 0 Å². The molecule has 0 bridgehead atoms. The summed E-state index contributed by atoms with van der Waals surface area (Å²) < 4.78 is 0. The predicted octanol–water partition coefficient (Wildman–Crippen LogP) is 4.05. The Morgan fingerprint density at radius 3 is 2.50 bits per heavy atom. The number of halogens is 1. The number of carbonyl (C=O) groups is 1. The molecule has 1 aliphatic rings. The number of aldehydes is 1. The number of alkyl halides is 1. The minimum absolute atomic E-state index is 0.239. The first-order valence-corrected chi connectivity index (χ1v) is 7.07. The monoisotopic (exact) mass is 280 g/mol. The Morgan fingerprint density at radius 2 is 1.88 bits per heavy atom. The lowest BCUT2D eigenvalue weighted by Gasteiger charge is -2.28. The summed E-state index contributed by atoms with van der Waals surface area (Å²) in [5.41, 5.74) is 2.63. The van der Waals surface area contributed by atoms with Gasteiger partial charge in [-0.25, -0.2) is 0 Å². The molecule has 1 fully saturated rings. The van der Waals surface area contributed by atoms with Crippen molar-refractivity contribution in [3.8, 4) is 0 Å². The normalized spacial score (nSPS) is 25.3. The summed E-state index contributed by atoms with van der Waals surface area (Å²) >= 11 is 3.45. The Morgan fingerprint density at radius 1 is 1.19 bits per heavy atom. The van der Waals surface area contributed by atoms with E-state index in [4.69, 9.17) is 0 Å². The largest absolute Gasteiger partial charge is 0.303 e. The van der Waals surface area contributed by atoms with Gasteiger partial charge in [-0.05, 0) is 29.9 Å². The molecule has 0 aliphatic heterocycles. The fraction of sp³-hybridized carbons (Fsp3) is 0.500. The van der Waals surface area contributed by atoms with Crippen molar-refractivity contribution in [1.29, 1.82) is 0 Å². The molecule has 2 rings (SSSR count). The van der Waals surface area contributed by atoms with E-state index < -0.39 is 0 Å². The second-order valence-corrected chi connectivity index (χ2v) is 5.13. The third-order valence-electron chi connectivity index (χ3n) is 3.56. The molecular weight excluding hydrogens is 264 g/mol. The van der Waals surface area contributed by atoms with Crippen LogP contribution in [-0.4, -0.2) is 6.29 Å². The zero-order valence-corrected chi connectivity index (χ0v) is 10.9. The number of rotatable bonds is 3. The lowest BCUT2D eigenvalue weighted by Crippen LogP contribution is -2.18. The van der Waals surface area contributed by atoms with Gasteiger partial charge in [0, 0.05) is 11.2 Å². The summed E-state index contributed by atoms with van der Waals surface area (Å²) in [6.07, 6.45) is 5.85.